The summed E-state index contributed by atoms with van der Waals surface area (Å²) in [5.41, 5.74) is 0. The fraction of sp³-hybridized carbons (Fsp3) is 0.895. The molecule has 0 aromatic heterocycles. The smallest absolute Gasteiger partial charge is 0.240 e. The Kier molecular flexibility index (Phi) is 5.27. The number of piperazine rings is 1. The van der Waals surface area contributed by atoms with Crippen molar-refractivity contribution in [2.24, 2.45) is 11.8 Å². The Morgan fingerprint density at radius 3 is 2.04 bits per heavy atom. The lowest BCUT2D eigenvalue weighted by Crippen LogP contribution is -2.59. The van der Waals surface area contributed by atoms with E-state index in [9.17, 15) is 9.59 Å². The van der Waals surface area contributed by atoms with Crippen LogP contribution in [0.3, 0.4) is 0 Å². The minimum Gasteiger partial charge on any atom is -0.378 e. The molecule has 2 saturated carbocycles. The minimum absolute atomic E-state index is 0.0128. The highest BCUT2D eigenvalue weighted by molar-refractivity contribution is 5.83. The largest absolute Gasteiger partial charge is 0.378 e. The van der Waals surface area contributed by atoms with Gasteiger partial charge in [0, 0.05) is 45.2 Å². The highest BCUT2D eigenvalue weighted by Crippen LogP contribution is 2.34. The molecule has 0 radical (unpaired) electrons. The summed E-state index contributed by atoms with van der Waals surface area (Å²) in [7, 11) is 0. The molecule has 6 heteroatoms. The zero-order valence-electron chi connectivity index (χ0n) is 15.2. The molecule has 1 unspecified atom stereocenters. The molecule has 2 saturated heterocycles. The SMILES string of the molecule is O=C(C1CC1)N1CCN(C(C(=O)N2CCOCC2)C2CCCC2)CC1. The third kappa shape index (κ3) is 3.85. The molecule has 4 rings (SSSR count). The number of nitrogens with zero attached hydrogens (tertiary/aromatic N) is 3. The number of amides is 2. The summed E-state index contributed by atoms with van der Waals surface area (Å²) in [6.07, 6.45) is 6.97. The van der Waals surface area contributed by atoms with Crippen LogP contribution < -0.4 is 0 Å². The molecule has 1 atom stereocenters. The molecule has 0 aromatic carbocycles. The Morgan fingerprint density at radius 2 is 1.44 bits per heavy atom. The topological polar surface area (TPSA) is 53.1 Å². The number of hydrogen-bond donors (Lipinski definition) is 0. The number of hydrogen-bond acceptors (Lipinski definition) is 4. The van der Waals surface area contributed by atoms with E-state index in [4.69, 9.17) is 4.74 Å². The summed E-state index contributed by atoms with van der Waals surface area (Å²) in [4.78, 5) is 32.0. The molecule has 0 N–H and O–H groups in total. The normalized spacial score (nSPS) is 27.5. The third-order valence-electron chi connectivity index (χ3n) is 6.37. The Bertz CT molecular complexity index is 488. The van der Waals surface area contributed by atoms with Gasteiger partial charge in [0.1, 0.15) is 0 Å². The molecular weight excluding hydrogens is 318 g/mol. The van der Waals surface area contributed by atoms with E-state index >= 15 is 0 Å². The fourth-order valence-electron chi connectivity index (χ4n) is 4.71. The first-order valence-electron chi connectivity index (χ1n) is 10.1. The summed E-state index contributed by atoms with van der Waals surface area (Å²) in [6, 6.07) is 0.0128. The van der Waals surface area contributed by atoms with Gasteiger partial charge < -0.3 is 14.5 Å². The zero-order chi connectivity index (χ0) is 17.2. The molecule has 0 bridgehead atoms. The standard InChI is InChI=1S/C19H31N3O3/c23-18(16-5-6-16)21-9-7-20(8-10-21)17(15-3-1-2-4-15)19(24)22-11-13-25-14-12-22/h15-17H,1-14H2. The lowest BCUT2D eigenvalue weighted by Gasteiger charge is -2.43. The summed E-state index contributed by atoms with van der Waals surface area (Å²) in [5.74, 6) is 1.43. The molecule has 0 aromatic rings. The number of carbonyl (C=O) groups is 2. The van der Waals surface area contributed by atoms with Gasteiger partial charge in [0.25, 0.3) is 0 Å². The van der Waals surface area contributed by atoms with Crippen molar-refractivity contribution in [3.8, 4) is 0 Å². The van der Waals surface area contributed by atoms with E-state index in [1.807, 2.05) is 9.80 Å². The van der Waals surface area contributed by atoms with Gasteiger partial charge in [-0.15, -0.1) is 0 Å². The van der Waals surface area contributed by atoms with E-state index in [1.165, 1.54) is 25.7 Å². The maximum atomic E-state index is 13.3. The highest BCUT2D eigenvalue weighted by Gasteiger charge is 2.41. The van der Waals surface area contributed by atoms with Crippen LogP contribution in [-0.4, -0.2) is 85.0 Å². The first kappa shape index (κ1) is 17.3. The van der Waals surface area contributed by atoms with Gasteiger partial charge in [-0.05, 0) is 31.6 Å². The van der Waals surface area contributed by atoms with E-state index in [2.05, 4.69) is 4.90 Å². The second-order valence-corrected chi connectivity index (χ2v) is 8.06. The van der Waals surface area contributed by atoms with E-state index in [0.717, 1.165) is 52.1 Å². The Balaban J connectivity index is 1.41. The van der Waals surface area contributed by atoms with Crippen LogP contribution >= 0.6 is 0 Å². The molecule has 2 amide bonds. The van der Waals surface area contributed by atoms with Crippen LogP contribution in [0.25, 0.3) is 0 Å². The average molecular weight is 349 g/mol. The monoisotopic (exact) mass is 349 g/mol. The van der Waals surface area contributed by atoms with Gasteiger partial charge >= 0.3 is 0 Å². The number of ether oxygens (including phenoxy) is 1. The van der Waals surface area contributed by atoms with Crippen molar-refractivity contribution in [3.63, 3.8) is 0 Å². The summed E-state index contributed by atoms with van der Waals surface area (Å²) in [5, 5.41) is 0. The minimum atomic E-state index is 0.0128. The molecule has 2 heterocycles. The molecule has 4 fully saturated rings. The van der Waals surface area contributed by atoms with Crippen LogP contribution in [0, 0.1) is 11.8 Å². The van der Waals surface area contributed by atoms with Gasteiger partial charge in [0.2, 0.25) is 11.8 Å². The van der Waals surface area contributed by atoms with Crippen LogP contribution in [0.15, 0.2) is 0 Å². The highest BCUT2D eigenvalue weighted by atomic mass is 16.5. The third-order valence-corrected chi connectivity index (χ3v) is 6.37. The number of morpholine rings is 1. The maximum absolute atomic E-state index is 13.3. The molecular formula is C19H31N3O3. The number of carbonyl (C=O) groups excluding carboxylic acids is 2. The second-order valence-electron chi connectivity index (χ2n) is 8.06. The van der Waals surface area contributed by atoms with Crippen molar-refractivity contribution in [1.82, 2.24) is 14.7 Å². The number of rotatable bonds is 4. The van der Waals surface area contributed by atoms with Crippen molar-refractivity contribution in [3.05, 3.63) is 0 Å². The molecule has 0 spiro atoms. The van der Waals surface area contributed by atoms with Gasteiger partial charge in [-0.3, -0.25) is 14.5 Å². The van der Waals surface area contributed by atoms with E-state index in [1.54, 1.807) is 0 Å². The van der Waals surface area contributed by atoms with Crippen LogP contribution in [0.1, 0.15) is 38.5 Å². The summed E-state index contributed by atoms with van der Waals surface area (Å²) in [6.45, 7) is 6.03. The van der Waals surface area contributed by atoms with Crippen molar-refractivity contribution in [2.45, 2.75) is 44.6 Å². The van der Waals surface area contributed by atoms with Gasteiger partial charge in [-0.2, -0.15) is 0 Å². The van der Waals surface area contributed by atoms with E-state index in [-0.39, 0.29) is 6.04 Å². The molecule has 6 nitrogen and oxygen atoms in total. The molecule has 4 aliphatic rings. The predicted molar refractivity (Wildman–Crippen MR) is 94.0 cm³/mol. The molecule has 140 valence electrons. The second kappa shape index (κ2) is 7.62. The fourth-order valence-corrected chi connectivity index (χ4v) is 4.71. The van der Waals surface area contributed by atoms with Gasteiger partial charge in [-0.25, -0.2) is 0 Å². The van der Waals surface area contributed by atoms with Gasteiger partial charge in [0.15, 0.2) is 0 Å². The lowest BCUT2D eigenvalue weighted by atomic mass is 9.94. The van der Waals surface area contributed by atoms with Crippen molar-refractivity contribution in [1.29, 1.82) is 0 Å². The van der Waals surface area contributed by atoms with Crippen LogP contribution in [-0.2, 0) is 14.3 Å². The summed E-state index contributed by atoms with van der Waals surface area (Å²) >= 11 is 0. The van der Waals surface area contributed by atoms with E-state index < -0.39 is 0 Å². The zero-order valence-corrected chi connectivity index (χ0v) is 15.2. The Labute approximate surface area is 150 Å². The molecule has 2 aliphatic heterocycles. The van der Waals surface area contributed by atoms with E-state index in [0.29, 0.717) is 36.9 Å². The Morgan fingerprint density at radius 1 is 0.800 bits per heavy atom. The molecule has 25 heavy (non-hydrogen) atoms. The van der Waals surface area contributed by atoms with Crippen LogP contribution in [0.5, 0.6) is 0 Å². The van der Waals surface area contributed by atoms with Crippen LogP contribution in [0.4, 0.5) is 0 Å². The van der Waals surface area contributed by atoms with Gasteiger partial charge in [-0.1, -0.05) is 12.8 Å². The quantitative estimate of drug-likeness (QED) is 0.759. The lowest BCUT2D eigenvalue weighted by molar-refractivity contribution is -0.145. The Hall–Kier alpha value is -1.14. The first-order chi connectivity index (χ1) is 12.2. The average Bonchev–Trinajstić information content (AvgIpc) is 3.39. The van der Waals surface area contributed by atoms with Crippen molar-refractivity contribution in [2.75, 3.05) is 52.5 Å². The van der Waals surface area contributed by atoms with Crippen LogP contribution in [0.2, 0.25) is 0 Å². The van der Waals surface area contributed by atoms with Gasteiger partial charge in [0.05, 0.1) is 19.3 Å². The maximum Gasteiger partial charge on any atom is 0.240 e. The van der Waals surface area contributed by atoms with Crippen molar-refractivity contribution < 1.29 is 14.3 Å². The van der Waals surface area contributed by atoms with Crippen molar-refractivity contribution >= 4 is 11.8 Å². The summed E-state index contributed by atoms with van der Waals surface area (Å²) < 4.78 is 5.42. The molecule has 2 aliphatic carbocycles. The first-order valence-corrected chi connectivity index (χ1v) is 10.1. The predicted octanol–water partition coefficient (Wildman–Crippen LogP) is 0.958.